The van der Waals surface area contributed by atoms with Gasteiger partial charge >= 0.3 is 0 Å². The van der Waals surface area contributed by atoms with E-state index in [2.05, 4.69) is 26.6 Å². The van der Waals surface area contributed by atoms with E-state index >= 15 is 0 Å². The zero-order valence-electron chi connectivity index (χ0n) is 12.6. The highest BCUT2D eigenvalue weighted by molar-refractivity contribution is 9.10. The van der Waals surface area contributed by atoms with Gasteiger partial charge in [0, 0.05) is 11.6 Å². The van der Waals surface area contributed by atoms with Crippen molar-refractivity contribution in [3.05, 3.63) is 34.3 Å². The third-order valence-corrected chi connectivity index (χ3v) is 4.90. The van der Waals surface area contributed by atoms with Gasteiger partial charge < -0.3 is 15.4 Å². The predicted octanol–water partition coefficient (Wildman–Crippen LogP) is 2.64. The second-order valence-corrected chi connectivity index (χ2v) is 6.53. The first kappa shape index (κ1) is 16.5. The van der Waals surface area contributed by atoms with Gasteiger partial charge in [-0.2, -0.15) is 0 Å². The number of ether oxygens (including phenoxy) is 1. The van der Waals surface area contributed by atoms with E-state index in [9.17, 15) is 4.79 Å². The van der Waals surface area contributed by atoms with E-state index in [0.29, 0.717) is 6.61 Å². The fourth-order valence-electron chi connectivity index (χ4n) is 2.87. The lowest BCUT2D eigenvalue weighted by Crippen LogP contribution is -2.50. The molecule has 21 heavy (non-hydrogen) atoms. The number of hydrogen-bond donors (Lipinski definition) is 2. The van der Waals surface area contributed by atoms with E-state index in [1.54, 1.807) is 7.11 Å². The van der Waals surface area contributed by atoms with Crippen LogP contribution in [0.3, 0.4) is 0 Å². The van der Waals surface area contributed by atoms with Crippen molar-refractivity contribution >= 4 is 21.8 Å². The normalized spacial score (nSPS) is 19.0. The summed E-state index contributed by atoms with van der Waals surface area (Å²) in [6.07, 6.45) is 1.63. The Morgan fingerprint density at radius 3 is 2.71 bits per heavy atom. The Labute approximate surface area is 134 Å². The van der Waals surface area contributed by atoms with Crippen molar-refractivity contribution in [3.63, 3.8) is 0 Å². The van der Waals surface area contributed by atoms with Crippen LogP contribution in [0.5, 0.6) is 0 Å². The molecule has 1 aromatic carbocycles. The first-order valence-electron chi connectivity index (χ1n) is 7.34. The molecule has 1 atom stereocenters. The van der Waals surface area contributed by atoms with Gasteiger partial charge in [0.05, 0.1) is 18.1 Å². The minimum atomic E-state index is -0.407. The van der Waals surface area contributed by atoms with Gasteiger partial charge in [-0.15, -0.1) is 0 Å². The third-order valence-electron chi connectivity index (χ3n) is 4.18. The van der Waals surface area contributed by atoms with Crippen LogP contribution >= 0.6 is 15.9 Å². The minimum absolute atomic E-state index is 0.0308. The molecule has 2 N–H and O–H groups in total. The second-order valence-electron chi connectivity index (χ2n) is 5.68. The number of rotatable bonds is 5. The summed E-state index contributed by atoms with van der Waals surface area (Å²) in [4.78, 5) is 12.8. The average molecular weight is 355 g/mol. The van der Waals surface area contributed by atoms with Crippen molar-refractivity contribution in [1.82, 2.24) is 10.6 Å². The van der Waals surface area contributed by atoms with Gasteiger partial charge in [-0.1, -0.05) is 34.1 Å². The van der Waals surface area contributed by atoms with Gasteiger partial charge in [0.2, 0.25) is 5.91 Å². The highest BCUT2D eigenvalue weighted by Gasteiger charge is 2.40. The quantitative estimate of drug-likeness (QED) is 0.854. The number of halogens is 1. The number of amides is 1. The summed E-state index contributed by atoms with van der Waals surface area (Å²) in [5.41, 5.74) is 0.683. The monoisotopic (exact) mass is 354 g/mol. The first-order valence-corrected chi connectivity index (χ1v) is 8.13. The molecule has 116 valence electrons. The largest absolute Gasteiger partial charge is 0.384 e. The Morgan fingerprint density at radius 2 is 2.10 bits per heavy atom. The molecule has 0 unspecified atom stereocenters. The van der Waals surface area contributed by atoms with E-state index in [1.165, 1.54) is 0 Å². The molecular formula is C16H23BrN2O2. The molecule has 0 aliphatic carbocycles. The molecule has 1 fully saturated rings. The molecule has 0 radical (unpaired) electrons. The van der Waals surface area contributed by atoms with E-state index in [4.69, 9.17) is 4.74 Å². The van der Waals surface area contributed by atoms with Gasteiger partial charge in [-0.25, -0.2) is 0 Å². The van der Waals surface area contributed by atoms with Crippen LogP contribution in [0.2, 0.25) is 0 Å². The standard InChI is InChI=1S/C16H23BrN2O2/c1-12(13-5-3-4-6-14(13)17)19-15(20)16(11-21-2)7-9-18-10-8-16/h3-6,12,18H,7-11H2,1-2H3,(H,19,20)/t12-/m1/s1. The number of carbonyl (C=O) groups excluding carboxylic acids is 1. The van der Waals surface area contributed by atoms with Gasteiger partial charge in [0.1, 0.15) is 0 Å². The van der Waals surface area contributed by atoms with E-state index < -0.39 is 5.41 Å². The number of methoxy groups -OCH3 is 1. The number of hydrogen-bond acceptors (Lipinski definition) is 3. The second kappa shape index (κ2) is 7.38. The van der Waals surface area contributed by atoms with Crippen molar-refractivity contribution in [3.8, 4) is 0 Å². The molecule has 0 bridgehead atoms. The fraction of sp³-hybridized carbons (Fsp3) is 0.562. The van der Waals surface area contributed by atoms with Gasteiger partial charge in [-0.05, 0) is 44.5 Å². The highest BCUT2D eigenvalue weighted by Crippen LogP contribution is 2.31. The van der Waals surface area contributed by atoms with E-state index in [1.807, 2.05) is 31.2 Å². The van der Waals surface area contributed by atoms with Crippen LogP contribution < -0.4 is 10.6 Å². The SMILES string of the molecule is COCC1(C(=O)N[C@H](C)c2ccccc2Br)CCNCC1. The van der Waals surface area contributed by atoms with E-state index in [-0.39, 0.29) is 11.9 Å². The maximum absolute atomic E-state index is 12.8. The maximum atomic E-state index is 12.8. The van der Waals surface area contributed by atoms with Crippen LogP contribution in [0.4, 0.5) is 0 Å². The summed E-state index contributed by atoms with van der Waals surface area (Å²) < 4.78 is 6.34. The summed E-state index contributed by atoms with van der Waals surface area (Å²) >= 11 is 3.54. The van der Waals surface area contributed by atoms with Gasteiger partial charge in [0.25, 0.3) is 0 Å². The summed E-state index contributed by atoms with van der Waals surface area (Å²) in [6, 6.07) is 7.95. The molecule has 2 rings (SSSR count). The third kappa shape index (κ3) is 3.84. The Kier molecular flexibility index (Phi) is 5.79. The molecule has 1 saturated heterocycles. The fourth-order valence-corrected chi connectivity index (χ4v) is 3.50. The molecule has 0 spiro atoms. The highest BCUT2D eigenvalue weighted by atomic mass is 79.9. The number of carbonyl (C=O) groups is 1. The Hall–Kier alpha value is -0.910. The average Bonchev–Trinajstić information content (AvgIpc) is 2.48. The lowest BCUT2D eigenvalue weighted by molar-refractivity contribution is -0.136. The van der Waals surface area contributed by atoms with Crippen LogP contribution in [-0.4, -0.2) is 32.7 Å². The lowest BCUT2D eigenvalue weighted by atomic mass is 9.78. The van der Waals surface area contributed by atoms with Crippen molar-refractivity contribution in [2.45, 2.75) is 25.8 Å². The van der Waals surface area contributed by atoms with E-state index in [0.717, 1.165) is 36.0 Å². The van der Waals surface area contributed by atoms with Crippen molar-refractivity contribution in [2.75, 3.05) is 26.8 Å². The van der Waals surface area contributed by atoms with Crippen molar-refractivity contribution in [2.24, 2.45) is 5.41 Å². The molecule has 1 aliphatic heterocycles. The van der Waals surface area contributed by atoms with Crippen LogP contribution in [0.25, 0.3) is 0 Å². The number of piperidine rings is 1. The molecular weight excluding hydrogens is 332 g/mol. The van der Waals surface area contributed by atoms with Crippen LogP contribution in [-0.2, 0) is 9.53 Å². The molecule has 1 amide bonds. The smallest absolute Gasteiger partial charge is 0.229 e. The summed E-state index contributed by atoms with van der Waals surface area (Å²) in [5.74, 6) is 0.0918. The van der Waals surface area contributed by atoms with Crippen LogP contribution in [0.15, 0.2) is 28.7 Å². The molecule has 5 heteroatoms. The zero-order chi connectivity index (χ0) is 15.3. The lowest BCUT2D eigenvalue weighted by Gasteiger charge is -2.36. The van der Waals surface area contributed by atoms with Crippen molar-refractivity contribution < 1.29 is 9.53 Å². The first-order chi connectivity index (χ1) is 10.1. The topological polar surface area (TPSA) is 50.4 Å². The summed E-state index contributed by atoms with van der Waals surface area (Å²) in [5, 5.41) is 6.46. The van der Waals surface area contributed by atoms with Gasteiger partial charge in [0.15, 0.2) is 0 Å². The van der Waals surface area contributed by atoms with Gasteiger partial charge in [-0.3, -0.25) is 4.79 Å². The van der Waals surface area contributed by atoms with Crippen molar-refractivity contribution in [1.29, 1.82) is 0 Å². The molecule has 0 aromatic heterocycles. The molecule has 1 aliphatic rings. The number of nitrogens with one attached hydrogen (secondary N) is 2. The zero-order valence-corrected chi connectivity index (χ0v) is 14.2. The Morgan fingerprint density at radius 1 is 1.43 bits per heavy atom. The van der Waals surface area contributed by atoms with Crippen LogP contribution in [0.1, 0.15) is 31.4 Å². The molecule has 0 saturated carbocycles. The Balaban J connectivity index is 2.10. The summed E-state index contributed by atoms with van der Waals surface area (Å²) in [6.45, 7) is 4.21. The molecule has 1 aromatic rings. The summed E-state index contributed by atoms with van der Waals surface area (Å²) in [7, 11) is 1.66. The molecule has 1 heterocycles. The maximum Gasteiger partial charge on any atom is 0.229 e. The van der Waals surface area contributed by atoms with Crippen LogP contribution in [0, 0.1) is 5.41 Å². The minimum Gasteiger partial charge on any atom is -0.384 e. The molecule has 4 nitrogen and oxygen atoms in total. The number of benzene rings is 1. The predicted molar refractivity (Wildman–Crippen MR) is 87.1 cm³/mol. The Bertz CT molecular complexity index is 481.